The zero-order valence-corrected chi connectivity index (χ0v) is 6.80. The highest BCUT2D eigenvalue weighted by atomic mass is 15.2. The topological polar surface area (TPSA) is 29.3 Å². The molecule has 10 heavy (non-hydrogen) atoms. The number of fused-ring (bicyclic) bond motifs is 1. The summed E-state index contributed by atoms with van der Waals surface area (Å²) >= 11 is 0. The summed E-state index contributed by atoms with van der Waals surface area (Å²) in [7, 11) is 0. The van der Waals surface area contributed by atoms with E-state index < -0.39 is 0 Å². The van der Waals surface area contributed by atoms with E-state index in [9.17, 15) is 0 Å². The minimum absolute atomic E-state index is 0.496. The predicted octanol–water partition coefficient (Wildman–Crippen LogP) is 0.285. The van der Waals surface area contributed by atoms with Crippen molar-refractivity contribution in [3.8, 4) is 0 Å². The van der Waals surface area contributed by atoms with Crippen molar-refractivity contribution in [3.63, 3.8) is 0 Å². The maximum atomic E-state index is 5.90. The lowest BCUT2D eigenvalue weighted by atomic mass is 10.1. The van der Waals surface area contributed by atoms with Gasteiger partial charge in [0.25, 0.3) is 0 Å². The van der Waals surface area contributed by atoms with Crippen molar-refractivity contribution in [3.05, 3.63) is 0 Å². The van der Waals surface area contributed by atoms with Crippen molar-refractivity contribution < 1.29 is 0 Å². The van der Waals surface area contributed by atoms with E-state index in [1.807, 2.05) is 0 Å². The third kappa shape index (κ3) is 0.611. The zero-order chi connectivity index (χ0) is 7.35. The maximum absolute atomic E-state index is 5.90. The molecule has 0 aromatic rings. The van der Waals surface area contributed by atoms with Crippen LogP contribution in [0.25, 0.3) is 0 Å². The Morgan fingerprint density at radius 2 is 2.40 bits per heavy atom. The Labute approximate surface area is 62.4 Å². The Hall–Kier alpha value is -0.0800. The third-order valence-corrected chi connectivity index (χ3v) is 3.40. The molecule has 2 fully saturated rings. The number of rotatable bonds is 1. The normalized spacial score (nSPS) is 53.1. The fourth-order valence-electron chi connectivity index (χ4n) is 2.31. The average molecular weight is 140 g/mol. The van der Waals surface area contributed by atoms with Gasteiger partial charge in [-0.2, -0.15) is 0 Å². The molecule has 1 heterocycles. The van der Waals surface area contributed by atoms with Gasteiger partial charge in [0.15, 0.2) is 0 Å². The molecule has 0 bridgehead atoms. The van der Waals surface area contributed by atoms with Gasteiger partial charge in [0.2, 0.25) is 0 Å². The monoisotopic (exact) mass is 140 g/mol. The van der Waals surface area contributed by atoms with Crippen molar-refractivity contribution >= 4 is 0 Å². The first-order valence-corrected chi connectivity index (χ1v) is 4.16. The molecule has 0 aromatic heterocycles. The fraction of sp³-hybridized carbons (Fsp3) is 1.00. The van der Waals surface area contributed by atoms with Gasteiger partial charge in [0.1, 0.15) is 0 Å². The van der Waals surface area contributed by atoms with Crippen LogP contribution in [0.4, 0.5) is 0 Å². The Kier molecular flexibility index (Phi) is 1.15. The summed E-state index contributed by atoms with van der Waals surface area (Å²) in [6, 6.07) is 0.510. The molecule has 2 rings (SSSR count). The molecule has 2 nitrogen and oxygen atoms in total. The molecule has 1 aliphatic carbocycles. The van der Waals surface area contributed by atoms with E-state index in [1.165, 1.54) is 19.6 Å². The molecule has 0 amide bonds. The van der Waals surface area contributed by atoms with E-state index in [-0.39, 0.29) is 0 Å². The molecule has 0 spiro atoms. The molecule has 1 saturated heterocycles. The number of hydrogen-bond acceptors (Lipinski definition) is 2. The van der Waals surface area contributed by atoms with Crippen LogP contribution in [0.15, 0.2) is 0 Å². The van der Waals surface area contributed by atoms with E-state index >= 15 is 0 Å². The first kappa shape index (κ1) is 6.62. The molecule has 3 unspecified atom stereocenters. The predicted molar refractivity (Wildman–Crippen MR) is 41.7 cm³/mol. The van der Waals surface area contributed by atoms with Gasteiger partial charge in [-0.3, -0.25) is 0 Å². The van der Waals surface area contributed by atoms with E-state index in [4.69, 9.17) is 5.73 Å². The minimum Gasteiger partial charge on any atom is -0.327 e. The van der Waals surface area contributed by atoms with Crippen molar-refractivity contribution in [1.29, 1.82) is 0 Å². The summed E-state index contributed by atoms with van der Waals surface area (Å²) < 4.78 is 0. The largest absolute Gasteiger partial charge is 0.327 e. The Bertz CT molecular complexity index is 157. The number of likely N-dealkylation sites (tertiary alicyclic amines) is 1. The highest BCUT2D eigenvalue weighted by Gasteiger charge is 2.63. The van der Waals surface area contributed by atoms with Gasteiger partial charge in [-0.25, -0.2) is 0 Å². The van der Waals surface area contributed by atoms with E-state index in [2.05, 4.69) is 18.7 Å². The van der Waals surface area contributed by atoms with Gasteiger partial charge >= 0.3 is 0 Å². The second kappa shape index (κ2) is 1.74. The summed E-state index contributed by atoms with van der Waals surface area (Å²) in [4.78, 5) is 2.49. The zero-order valence-electron chi connectivity index (χ0n) is 6.80. The van der Waals surface area contributed by atoms with Crippen LogP contribution in [-0.4, -0.2) is 30.6 Å². The van der Waals surface area contributed by atoms with Crippen molar-refractivity contribution in [2.24, 2.45) is 17.1 Å². The number of piperidine rings is 1. The molecular formula is C8H16N2. The average Bonchev–Trinajstić information content (AvgIpc) is 2.29. The molecule has 0 radical (unpaired) electrons. The lowest BCUT2D eigenvalue weighted by molar-refractivity contribution is 0.291. The van der Waals surface area contributed by atoms with Crippen molar-refractivity contribution in [2.45, 2.75) is 19.9 Å². The molecule has 1 aliphatic heterocycles. The summed E-state index contributed by atoms with van der Waals surface area (Å²) in [5.41, 5.74) is 6.39. The second-order valence-electron chi connectivity index (χ2n) is 3.97. The smallest absolute Gasteiger partial charge is 0.0156 e. The third-order valence-electron chi connectivity index (χ3n) is 3.40. The van der Waals surface area contributed by atoms with Crippen LogP contribution in [0.1, 0.15) is 13.8 Å². The summed E-state index contributed by atoms with van der Waals surface area (Å²) in [6.45, 7) is 8.21. The lowest BCUT2D eigenvalue weighted by Gasteiger charge is -2.17. The van der Waals surface area contributed by atoms with Gasteiger partial charge in [0, 0.05) is 24.5 Å². The molecule has 2 N–H and O–H groups in total. The van der Waals surface area contributed by atoms with Crippen molar-refractivity contribution in [2.75, 3.05) is 19.6 Å². The molecule has 2 heteroatoms. The van der Waals surface area contributed by atoms with Gasteiger partial charge in [-0.15, -0.1) is 0 Å². The standard InChI is InChI=1S/C8H16N2/c1-3-10-4-6-7(9)8(6,2)5-10/h6-7H,3-5,9H2,1-2H3. The van der Waals surface area contributed by atoms with Crippen LogP contribution in [-0.2, 0) is 0 Å². The second-order valence-corrected chi connectivity index (χ2v) is 3.97. The summed E-state index contributed by atoms with van der Waals surface area (Å²) in [5, 5.41) is 0. The fourth-order valence-corrected chi connectivity index (χ4v) is 2.31. The van der Waals surface area contributed by atoms with Gasteiger partial charge < -0.3 is 10.6 Å². The molecule has 2 aliphatic rings. The summed E-state index contributed by atoms with van der Waals surface area (Å²) in [5.74, 6) is 0.812. The highest BCUT2D eigenvalue weighted by Crippen LogP contribution is 2.55. The molecule has 0 aromatic carbocycles. The molecule has 58 valence electrons. The lowest BCUT2D eigenvalue weighted by Crippen LogP contribution is -2.30. The van der Waals surface area contributed by atoms with Crippen LogP contribution in [0, 0.1) is 11.3 Å². The van der Waals surface area contributed by atoms with Crippen LogP contribution >= 0.6 is 0 Å². The van der Waals surface area contributed by atoms with Crippen molar-refractivity contribution in [1.82, 2.24) is 4.90 Å². The number of hydrogen-bond donors (Lipinski definition) is 1. The minimum atomic E-state index is 0.496. The van der Waals surface area contributed by atoms with Crippen LogP contribution in [0.3, 0.4) is 0 Å². The Morgan fingerprint density at radius 3 is 2.80 bits per heavy atom. The number of nitrogens with zero attached hydrogens (tertiary/aromatic N) is 1. The quantitative estimate of drug-likeness (QED) is 0.567. The first-order chi connectivity index (χ1) is 4.68. The maximum Gasteiger partial charge on any atom is 0.0156 e. The highest BCUT2D eigenvalue weighted by molar-refractivity contribution is 5.17. The van der Waals surface area contributed by atoms with Gasteiger partial charge in [-0.1, -0.05) is 13.8 Å². The number of nitrogens with two attached hydrogens (primary N) is 1. The molecule has 3 atom stereocenters. The van der Waals surface area contributed by atoms with Crippen LogP contribution in [0.5, 0.6) is 0 Å². The summed E-state index contributed by atoms with van der Waals surface area (Å²) in [6.07, 6.45) is 0. The van der Waals surface area contributed by atoms with Gasteiger partial charge in [-0.05, 0) is 12.5 Å². The van der Waals surface area contributed by atoms with Crippen LogP contribution in [0.2, 0.25) is 0 Å². The Balaban J connectivity index is 2.01. The van der Waals surface area contributed by atoms with Gasteiger partial charge in [0.05, 0.1) is 0 Å². The van der Waals surface area contributed by atoms with E-state index in [0.29, 0.717) is 11.5 Å². The first-order valence-electron chi connectivity index (χ1n) is 4.16. The Morgan fingerprint density at radius 1 is 1.70 bits per heavy atom. The molecular weight excluding hydrogens is 124 g/mol. The SMILES string of the molecule is CCN1CC2C(N)C2(C)C1. The van der Waals surface area contributed by atoms with E-state index in [0.717, 1.165) is 5.92 Å². The molecule has 1 saturated carbocycles. The van der Waals surface area contributed by atoms with Crippen LogP contribution < -0.4 is 5.73 Å². The van der Waals surface area contributed by atoms with E-state index in [1.54, 1.807) is 0 Å².